The molecule has 102 valence electrons. The molecule has 19 heavy (non-hydrogen) atoms. The summed E-state index contributed by atoms with van der Waals surface area (Å²) < 4.78 is 14.7. The molecule has 1 atom stereocenters. The van der Waals surface area contributed by atoms with Crippen molar-refractivity contribution < 1.29 is 4.39 Å². The largest absolute Gasteiger partial charge is 0.376 e. The van der Waals surface area contributed by atoms with Crippen LogP contribution in [0, 0.1) is 12.7 Å². The summed E-state index contributed by atoms with van der Waals surface area (Å²) in [6.07, 6.45) is 0. The number of rotatable bonds is 4. The summed E-state index contributed by atoms with van der Waals surface area (Å²) in [4.78, 5) is 2.38. The first-order valence-corrected chi connectivity index (χ1v) is 8.09. The Balaban J connectivity index is 2.21. The second-order valence-electron chi connectivity index (χ2n) is 4.11. The van der Waals surface area contributed by atoms with E-state index in [4.69, 9.17) is 5.73 Å². The third kappa shape index (κ3) is 3.56. The smallest absolute Gasteiger partial charge is 0.137 e. The minimum Gasteiger partial charge on any atom is -0.376 e. The molecule has 6 heteroatoms. The third-order valence-electron chi connectivity index (χ3n) is 2.72. The first-order valence-electron chi connectivity index (χ1n) is 5.68. The lowest BCUT2D eigenvalue weighted by Gasteiger charge is -2.17. The molecule has 1 heterocycles. The Bertz CT molecular complexity index is 567. The Hall–Kier alpha value is -0.430. The van der Waals surface area contributed by atoms with Crippen molar-refractivity contribution in [1.82, 2.24) is 0 Å². The first kappa shape index (κ1) is 15.0. The van der Waals surface area contributed by atoms with Gasteiger partial charge < -0.3 is 11.1 Å². The highest BCUT2D eigenvalue weighted by Gasteiger charge is 2.14. The maximum Gasteiger partial charge on any atom is 0.137 e. The van der Waals surface area contributed by atoms with E-state index >= 15 is 0 Å². The molecule has 0 saturated heterocycles. The monoisotopic (exact) mass is 406 g/mol. The van der Waals surface area contributed by atoms with Gasteiger partial charge in [0.05, 0.1) is 10.5 Å². The molecule has 0 radical (unpaired) electrons. The van der Waals surface area contributed by atoms with Crippen LogP contribution in [0.1, 0.15) is 15.8 Å². The molecule has 0 aliphatic carbocycles. The van der Waals surface area contributed by atoms with Gasteiger partial charge in [0, 0.05) is 26.5 Å². The zero-order valence-corrected chi connectivity index (χ0v) is 14.2. The van der Waals surface area contributed by atoms with E-state index in [1.54, 1.807) is 23.5 Å². The molecular weight excluding hydrogens is 395 g/mol. The van der Waals surface area contributed by atoms with Gasteiger partial charge in [-0.25, -0.2) is 4.39 Å². The van der Waals surface area contributed by atoms with Gasteiger partial charge in [0.25, 0.3) is 0 Å². The molecular formula is C13H13Br2FN2S. The zero-order chi connectivity index (χ0) is 14.0. The zero-order valence-electron chi connectivity index (χ0n) is 10.2. The summed E-state index contributed by atoms with van der Waals surface area (Å²) in [5, 5.41) is 3.32. The van der Waals surface area contributed by atoms with E-state index in [9.17, 15) is 4.39 Å². The fourth-order valence-electron chi connectivity index (χ4n) is 1.69. The summed E-state index contributed by atoms with van der Waals surface area (Å²) in [6.45, 7) is 2.53. The fourth-order valence-corrected chi connectivity index (χ4v) is 3.69. The molecule has 2 nitrogen and oxygen atoms in total. The van der Waals surface area contributed by atoms with Crippen LogP contribution in [-0.2, 0) is 0 Å². The van der Waals surface area contributed by atoms with Crippen LogP contribution < -0.4 is 11.1 Å². The number of halogens is 3. The number of aryl methyl sites for hydroxylation is 1. The maximum atomic E-state index is 13.2. The van der Waals surface area contributed by atoms with Gasteiger partial charge in [-0.3, -0.25) is 0 Å². The second kappa shape index (κ2) is 6.35. The highest BCUT2D eigenvalue weighted by molar-refractivity contribution is 9.10. The van der Waals surface area contributed by atoms with Crippen molar-refractivity contribution in [1.29, 1.82) is 0 Å². The van der Waals surface area contributed by atoms with Gasteiger partial charge in [-0.15, -0.1) is 11.3 Å². The third-order valence-corrected chi connectivity index (χ3v) is 5.57. The minimum absolute atomic E-state index is 0.0207. The standard InChI is InChI=1S/C13H13Br2FN2S/c1-7-9(14)5-13(19-7)12(6-17)18-8-2-3-11(16)10(15)4-8/h2-5,12,18H,6,17H2,1H3. The average Bonchev–Trinajstić information content (AvgIpc) is 2.71. The predicted molar refractivity (Wildman–Crippen MR) is 86.3 cm³/mol. The van der Waals surface area contributed by atoms with E-state index in [2.05, 4.69) is 50.2 Å². The van der Waals surface area contributed by atoms with Crippen LogP contribution in [0.2, 0.25) is 0 Å². The van der Waals surface area contributed by atoms with E-state index < -0.39 is 0 Å². The topological polar surface area (TPSA) is 38.0 Å². The molecule has 1 aromatic carbocycles. The van der Waals surface area contributed by atoms with Gasteiger partial charge >= 0.3 is 0 Å². The first-order chi connectivity index (χ1) is 9.01. The van der Waals surface area contributed by atoms with E-state index in [0.29, 0.717) is 11.0 Å². The summed E-state index contributed by atoms with van der Waals surface area (Å²) in [5.74, 6) is -0.274. The summed E-state index contributed by atoms with van der Waals surface area (Å²) in [7, 11) is 0. The Labute approximate surface area is 132 Å². The van der Waals surface area contributed by atoms with Gasteiger partial charge in [-0.05, 0) is 63.0 Å². The SMILES string of the molecule is Cc1sc(C(CN)Nc2ccc(F)c(Br)c2)cc1Br. The Morgan fingerprint density at radius 1 is 1.32 bits per heavy atom. The summed E-state index contributed by atoms with van der Waals surface area (Å²) >= 11 is 8.38. The number of nitrogens with two attached hydrogens (primary N) is 1. The summed E-state index contributed by atoms with van der Waals surface area (Å²) in [5.41, 5.74) is 6.66. The normalized spacial score (nSPS) is 12.5. The molecule has 0 saturated carbocycles. The van der Waals surface area contributed by atoms with Crippen LogP contribution >= 0.6 is 43.2 Å². The number of nitrogens with one attached hydrogen (secondary N) is 1. The van der Waals surface area contributed by atoms with E-state index in [-0.39, 0.29) is 11.9 Å². The summed E-state index contributed by atoms with van der Waals surface area (Å²) in [6, 6.07) is 6.94. The fraction of sp³-hybridized carbons (Fsp3) is 0.231. The van der Waals surface area contributed by atoms with Crippen molar-refractivity contribution >= 4 is 48.9 Å². The van der Waals surface area contributed by atoms with Gasteiger partial charge in [-0.2, -0.15) is 0 Å². The van der Waals surface area contributed by atoms with Gasteiger partial charge in [-0.1, -0.05) is 0 Å². The van der Waals surface area contributed by atoms with E-state index in [1.807, 2.05) is 0 Å². The molecule has 0 spiro atoms. The average molecular weight is 408 g/mol. The second-order valence-corrected chi connectivity index (χ2v) is 7.11. The maximum absolute atomic E-state index is 13.2. The van der Waals surface area contributed by atoms with Crippen molar-refractivity contribution in [2.24, 2.45) is 5.73 Å². The Morgan fingerprint density at radius 3 is 2.58 bits per heavy atom. The number of thiophene rings is 1. The van der Waals surface area contributed by atoms with E-state index in [1.165, 1.54) is 10.9 Å². The molecule has 0 amide bonds. The van der Waals surface area contributed by atoms with Crippen molar-refractivity contribution in [3.8, 4) is 0 Å². The Kier molecular flexibility index (Phi) is 5.00. The van der Waals surface area contributed by atoms with Crippen LogP contribution in [0.5, 0.6) is 0 Å². The lowest BCUT2D eigenvalue weighted by molar-refractivity contribution is 0.621. The molecule has 1 aromatic heterocycles. The van der Waals surface area contributed by atoms with Crippen LogP contribution in [0.15, 0.2) is 33.2 Å². The number of anilines is 1. The van der Waals surface area contributed by atoms with Crippen LogP contribution in [0.3, 0.4) is 0 Å². The van der Waals surface area contributed by atoms with Crippen LogP contribution in [0.4, 0.5) is 10.1 Å². The van der Waals surface area contributed by atoms with Gasteiger partial charge in [0.2, 0.25) is 0 Å². The highest BCUT2D eigenvalue weighted by atomic mass is 79.9. The van der Waals surface area contributed by atoms with Crippen molar-refractivity contribution in [3.63, 3.8) is 0 Å². The van der Waals surface area contributed by atoms with Crippen molar-refractivity contribution in [3.05, 3.63) is 48.8 Å². The lowest BCUT2D eigenvalue weighted by Crippen LogP contribution is -2.19. The van der Waals surface area contributed by atoms with Gasteiger partial charge in [0.1, 0.15) is 5.82 Å². The Morgan fingerprint density at radius 2 is 2.05 bits per heavy atom. The predicted octanol–water partition coefficient (Wildman–Crippen LogP) is 4.83. The molecule has 3 N–H and O–H groups in total. The van der Waals surface area contributed by atoms with Crippen molar-refractivity contribution in [2.45, 2.75) is 13.0 Å². The molecule has 0 aliphatic heterocycles. The van der Waals surface area contributed by atoms with E-state index in [0.717, 1.165) is 15.0 Å². The lowest BCUT2D eigenvalue weighted by atomic mass is 10.2. The molecule has 0 fully saturated rings. The molecule has 2 aromatic rings. The minimum atomic E-state index is -0.274. The van der Waals surface area contributed by atoms with Crippen LogP contribution in [-0.4, -0.2) is 6.54 Å². The van der Waals surface area contributed by atoms with Crippen LogP contribution in [0.25, 0.3) is 0 Å². The quantitative estimate of drug-likeness (QED) is 0.761. The van der Waals surface area contributed by atoms with Gasteiger partial charge in [0.15, 0.2) is 0 Å². The molecule has 0 aliphatic rings. The number of hydrogen-bond donors (Lipinski definition) is 2. The molecule has 2 rings (SSSR count). The highest BCUT2D eigenvalue weighted by Crippen LogP contribution is 2.32. The number of hydrogen-bond acceptors (Lipinski definition) is 3. The molecule has 1 unspecified atom stereocenters. The van der Waals surface area contributed by atoms with Crippen molar-refractivity contribution in [2.75, 3.05) is 11.9 Å². The molecule has 0 bridgehead atoms. The number of benzene rings is 1.